The minimum absolute atomic E-state index is 0.0283. The van der Waals surface area contributed by atoms with Crippen LogP contribution < -0.4 is 0 Å². The fraction of sp³-hybridized carbons (Fsp3) is 0.375. The molecule has 0 spiro atoms. The zero-order valence-corrected chi connectivity index (χ0v) is 18.6. The summed E-state index contributed by atoms with van der Waals surface area (Å²) >= 11 is 0. The van der Waals surface area contributed by atoms with E-state index >= 15 is 0 Å². The summed E-state index contributed by atoms with van der Waals surface area (Å²) in [6, 6.07) is 2.87. The number of aliphatic carboxylic acids is 1. The van der Waals surface area contributed by atoms with Crippen molar-refractivity contribution in [1.82, 2.24) is 4.90 Å². The first-order valence-corrected chi connectivity index (χ1v) is 10.6. The van der Waals surface area contributed by atoms with Crippen molar-refractivity contribution >= 4 is 5.97 Å². The standard InChI is InChI=1S/C24H20F9NO2/c1-13(18-12-17(23(28,29)30)6-7-19(18)24(31,32)33)34-9-8-14(11-21(35)36)10-20(34)15-2-4-16(5-3-15)22(25,26)27/h2-7,11-13,20H,8-10H2,1H3,(H,35,36)/b14-11+/t13-,20+/m1/s1. The van der Waals surface area contributed by atoms with Crippen molar-refractivity contribution in [3.8, 4) is 0 Å². The van der Waals surface area contributed by atoms with Gasteiger partial charge in [-0.2, -0.15) is 39.5 Å². The number of carboxylic acids is 1. The zero-order chi connectivity index (χ0) is 27.1. The molecule has 0 unspecified atom stereocenters. The fourth-order valence-corrected chi connectivity index (χ4v) is 4.39. The lowest BCUT2D eigenvalue weighted by Gasteiger charge is -2.42. The molecule has 1 fully saturated rings. The molecule has 196 valence electrons. The van der Waals surface area contributed by atoms with E-state index in [0.29, 0.717) is 23.8 Å². The summed E-state index contributed by atoms with van der Waals surface area (Å²) in [5, 5.41) is 9.09. The van der Waals surface area contributed by atoms with Crippen LogP contribution in [-0.2, 0) is 23.3 Å². The van der Waals surface area contributed by atoms with Crippen LogP contribution >= 0.6 is 0 Å². The SMILES string of the molecule is C[C@H](c1cc(C(F)(F)F)ccc1C(F)(F)F)N1CC/C(=C\C(=O)O)C[C@H]1c1ccc(C(F)(F)F)cc1. The molecule has 2 atom stereocenters. The quantitative estimate of drug-likeness (QED) is 0.329. The van der Waals surface area contributed by atoms with Crippen LogP contribution in [0.3, 0.4) is 0 Å². The molecule has 3 rings (SSSR count). The molecule has 0 aliphatic carbocycles. The molecule has 1 aliphatic heterocycles. The third-order valence-corrected chi connectivity index (χ3v) is 6.13. The molecule has 1 heterocycles. The molecular weight excluding hydrogens is 505 g/mol. The van der Waals surface area contributed by atoms with Gasteiger partial charge in [-0.15, -0.1) is 0 Å². The van der Waals surface area contributed by atoms with Crippen molar-refractivity contribution < 1.29 is 49.4 Å². The van der Waals surface area contributed by atoms with Crippen molar-refractivity contribution in [2.24, 2.45) is 0 Å². The third-order valence-electron chi connectivity index (χ3n) is 6.13. The van der Waals surface area contributed by atoms with Gasteiger partial charge in [-0.3, -0.25) is 4.90 Å². The maximum absolute atomic E-state index is 13.7. The van der Waals surface area contributed by atoms with Crippen LogP contribution in [0.15, 0.2) is 54.1 Å². The summed E-state index contributed by atoms with van der Waals surface area (Å²) in [5.41, 5.74) is -3.48. The van der Waals surface area contributed by atoms with E-state index in [9.17, 15) is 44.3 Å². The van der Waals surface area contributed by atoms with Gasteiger partial charge in [-0.25, -0.2) is 4.79 Å². The fourth-order valence-electron chi connectivity index (χ4n) is 4.39. The van der Waals surface area contributed by atoms with Crippen molar-refractivity contribution in [1.29, 1.82) is 0 Å². The van der Waals surface area contributed by atoms with Gasteiger partial charge >= 0.3 is 24.5 Å². The number of likely N-dealkylation sites (tertiary alicyclic amines) is 1. The monoisotopic (exact) mass is 525 g/mol. The van der Waals surface area contributed by atoms with Gasteiger partial charge in [0, 0.05) is 24.7 Å². The van der Waals surface area contributed by atoms with Crippen LogP contribution in [0.25, 0.3) is 0 Å². The van der Waals surface area contributed by atoms with Crippen LogP contribution in [-0.4, -0.2) is 22.5 Å². The zero-order valence-electron chi connectivity index (χ0n) is 18.6. The Morgan fingerprint density at radius 3 is 1.97 bits per heavy atom. The van der Waals surface area contributed by atoms with Crippen molar-refractivity contribution in [2.45, 2.75) is 50.4 Å². The smallest absolute Gasteiger partial charge is 0.416 e. The predicted molar refractivity (Wildman–Crippen MR) is 111 cm³/mol. The normalized spacial score (nSPS) is 19.9. The van der Waals surface area contributed by atoms with E-state index in [0.717, 1.165) is 30.3 Å². The summed E-state index contributed by atoms with van der Waals surface area (Å²) in [7, 11) is 0. The number of carboxylic acid groups (broad SMARTS) is 1. The Bertz CT molecular complexity index is 1130. The van der Waals surface area contributed by atoms with Gasteiger partial charge in [0.1, 0.15) is 0 Å². The van der Waals surface area contributed by atoms with Gasteiger partial charge in [0.05, 0.1) is 16.7 Å². The molecule has 36 heavy (non-hydrogen) atoms. The molecule has 1 N–H and O–H groups in total. The summed E-state index contributed by atoms with van der Waals surface area (Å²) in [6.45, 7) is 1.26. The van der Waals surface area contributed by atoms with Gasteiger partial charge in [0.2, 0.25) is 0 Å². The van der Waals surface area contributed by atoms with E-state index in [-0.39, 0.29) is 24.9 Å². The van der Waals surface area contributed by atoms with Crippen LogP contribution in [0.1, 0.15) is 59.7 Å². The highest BCUT2D eigenvalue weighted by molar-refractivity contribution is 5.80. The number of halogens is 9. The molecule has 1 saturated heterocycles. The van der Waals surface area contributed by atoms with Gasteiger partial charge in [-0.05, 0) is 61.2 Å². The molecule has 0 amide bonds. The minimum atomic E-state index is -4.96. The maximum Gasteiger partial charge on any atom is 0.416 e. The van der Waals surface area contributed by atoms with E-state index in [2.05, 4.69) is 0 Å². The van der Waals surface area contributed by atoms with Crippen LogP contribution in [0.5, 0.6) is 0 Å². The molecular formula is C24H20F9NO2. The number of hydrogen-bond acceptors (Lipinski definition) is 2. The van der Waals surface area contributed by atoms with Gasteiger partial charge in [-0.1, -0.05) is 17.7 Å². The highest BCUT2D eigenvalue weighted by Crippen LogP contribution is 2.45. The lowest BCUT2D eigenvalue weighted by molar-refractivity contribution is -0.142. The summed E-state index contributed by atoms with van der Waals surface area (Å²) < 4.78 is 120. The number of alkyl halides is 9. The predicted octanol–water partition coefficient (Wildman–Crippen LogP) is 7.65. The number of carbonyl (C=O) groups is 1. The lowest BCUT2D eigenvalue weighted by atomic mass is 9.87. The van der Waals surface area contributed by atoms with Gasteiger partial charge in [0.25, 0.3) is 0 Å². The van der Waals surface area contributed by atoms with Crippen LogP contribution in [0.4, 0.5) is 39.5 Å². The number of rotatable bonds is 4. The Labute approximate surface area is 199 Å². The molecule has 0 aromatic heterocycles. The van der Waals surface area contributed by atoms with Crippen LogP contribution in [0.2, 0.25) is 0 Å². The summed E-state index contributed by atoms with van der Waals surface area (Å²) in [5.74, 6) is -1.27. The molecule has 0 radical (unpaired) electrons. The van der Waals surface area contributed by atoms with E-state index in [1.807, 2.05) is 0 Å². The third kappa shape index (κ3) is 6.21. The topological polar surface area (TPSA) is 40.5 Å². The van der Waals surface area contributed by atoms with E-state index in [1.54, 1.807) is 0 Å². The highest BCUT2D eigenvalue weighted by atomic mass is 19.4. The Kier molecular flexibility index (Phi) is 7.50. The molecule has 1 aliphatic rings. The molecule has 12 heteroatoms. The maximum atomic E-state index is 13.7. The van der Waals surface area contributed by atoms with Crippen LogP contribution in [0, 0.1) is 0 Å². The van der Waals surface area contributed by atoms with Crippen molar-refractivity contribution in [3.05, 3.63) is 81.9 Å². The molecule has 3 nitrogen and oxygen atoms in total. The van der Waals surface area contributed by atoms with E-state index in [1.165, 1.54) is 11.8 Å². The largest absolute Gasteiger partial charge is 0.478 e. The first-order valence-electron chi connectivity index (χ1n) is 10.6. The molecule has 2 aromatic rings. The van der Waals surface area contributed by atoms with Crippen molar-refractivity contribution in [2.75, 3.05) is 6.54 Å². The van der Waals surface area contributed by atoms with E-state index in [4.69, 9.17) is 5.11 Å². The minimum Gasteiger partial charge on any atom is -0.478 e. The highest BCUT2D eigenvalue weighted by Gasteiger charge is 2.41. The van der Waals surface area contributed by atoms with Crippen molar-refractivity contribution in [3.63, 3.8) is 0 Å². The number of piperidine rings is 1. The molecule has 0 bridgehead atoms. The molecule has 2 aromatic carbocycles. The summed E-state index contributed by atoms with van der Waals surface area (Å²) in [4.78, 5) is 12.6. The average Bonchev–Trinajstić information content (AvgIpc) is 2.76. The first-order chi connectivity index (χ1) is 16.5. The van der Waals surface area contributed by atoms with E-state index < -0.39 is 58.8 Å². The first kappa shape index (κ1) is 27.6. The molecule has 0 saturated carbocycles. The Balaban J connectivity index is 2.10. The Hall–Kier alpha value is -3.02. The number of benzene rings is 2. The Morgan fingerprint density at radius 1 is 0.917 bits per heavy atom. The lowest BCUT2D eigenvalue weighted by Crippen LogP contribution is -2.37. The van der Waals surface area contributed by atoms with Gasteiger partial charge in [0.15, 0.2) is 0 Å². The average molecular weight is 525 g/mol. The van der Waals surface area contributed by atoms with Gasteiger partial charge < -0.3 is 5.11 Å². The second-order valence-electron chi connectivity index (χ2n) is 8.44. The second-order valence-corrected chi connectivity index (χ2v) is 8.44. The summed E-state index contributed by atoms with van der Waals surface area (Å²) in [6.07, 6.45) is -13.5. The number of hydrogen-bond donors (Lipinski definition) is 1. The Morgan fingerprint density at radius 2 is 1.47 bits per heavy atom. The number of nitrogens with zero attached hydrogens (tertiary/aromatic N) is 1. The second kappa shape index (κ2) is 9.79.